The summed E-state index contributed by atoms with van der Waals surface area (Å²) in [7, 11) is 0. The molecule has 1 saturated heterocycles. The number of nitrogens with zero attached hydrogens (tertiary/aromatic N) is 4. The van der Waals surface area contributed by atoms with Gasteiger partial charge in [0.15, 0.2) is 5.69 Å². The maximum atomic E-state index is 12.6. The van der Waals surface area contributed by atoms with Crippen molar-refractivity contribution in [3.8, 4) is 5.69 Å². The maximum absolute atomic E-state index is 12.6. The smallest absolute Gasteiger partial charge is 0.276 e. The minimum absolute atomic E-state index is 0.0660. The van der Waals surface area contributed by atoms with Gasteiger partial charge in [0.2, 0.25) is 0 Å². The molecule has 0 radical (unpaired) electrons. The summed E-state index contributed by atoms with van der Waals surface area (Å²) in [6, 6.07) is 9.58. The van der Waals surface area contributed by atoms with Crippen molar-refractivity contribution in [3.63, 3.8) is 0 Å². The Kier molecular flexibility index (Phi) is 3.47. The summed E-state index contributed by atoms with van der Waals surface area (Å²) in [6.45, 7) is 6.38. The molecule has 21 heavy (non-hydrogen) atoms. The second-order valence-corrected chi connectivity index (χ2v) is 5.80. The number of carbonyl (C=O) groups excluding carboxylic acids is 1. The average molecular weight is 285 g/mol. The maximum Gasteiger partial charge on any atom is 0.276 e. The molecule has 3 rings (SSSR count). The minimum Gasteiger partial charge on any atom is -0.330 e. The predicted octanol–water partition coefficient (Wildman–Crippen LogP) is 1.09. The molecule has 1 aromatic heterocycles. The fourth-order valence-corrected chi connectivity index (χ4v) is 2.54. The lowest BCUT2D eigenvalue weighted by Gasteiger charge is -2.42. The Balaban J connectivity index is 1.84. The van der Waals surface area contributed by atoms with E-state index in [1.807, 2.05) is 35.2 Å². The number of aromatic nitrogens is 3. The molecule has 110 valence electrons. The van der Waals surface area contributed by atoms with Crippen LogP contribution in [0.2, 0.25) is 0 Å². The van der Waals surface area contributed by atoms with Gasteiger partial charge >= 0.3 is 0 Å². The first-order valence-electron chi connectivity index (χ1n) is 7.08. The van der Waals surface area contributed by atoms with Gasteiger partial charge in [-0.15, -0.1) is 5.10 Å². The van der Waals surface area contributed by atoms with Gasteiger partial charge in [-0.1, -0.05) is 18.2 Å². The monoisotopic (exact) mass is 285 g/mol. The first-order valence-corrected chi connectivity index (χ1v) is 7.08. The molecule has 1 amide bonds. The first kappa shape index (κ1) is 13.8. The summed E-state index contributed by atoms with van der Waals surface area (Å²) in [5, 5.41) is 11.8. The zero-order chi connectivity index (χ0) is 14.9. The fraction of sp³-hybridized carbons (Fsp3) is 0.400. The lowest BCUT2D eigenvalue weighted by atomic mass is 10.00. The molecule has 6 heteroatoms. The van der Waals surface area contributed by atoms with Crippen LogP contribution < -0.4 is 5.32 Å². The molecule has 1 fully saturated rings. The number of hydrogen-bond donors (Lipinski definition) is 1. The van der Waals surface area contributed by atoms with E-state index in [1.165, 1.54) is 11.0 Å². The Hall–Kier alpha value is -2.21. The molecular weight excluding hydrogens is 266 g/mol. The highest BCUT2D eigenvalue weighted by Gasteiger charge is 2.34. The molecule has 6 nitrogen and oxygen atoms in total. The van der Waals surface area contributed by atoms with Gasteiger partial charge in [0.25, 0.3) is 5.91 Å². The molecule has 0 bridgehead atoms. The van der Waals surface area contributed by atoms with Crippen LogP contribution in [-0.4, -0.2) is 51.0 Å². The van der Waals surface area contributed by atoms with Crippen molar-refractivity contribution in [2.24, 2.45) is 0 Å². The topological polar surface area (TPSA) is 63.1 Å². The Morgan fingerprint density at radius 2 is 2.05 bits per heavy atom. The van der Waals surface area contributed by atoms with E-state index in [9.17, 15) is 4.79 Å². The van der Waals surface area contributed by atoms with Crippen molar-refractivity contribution in [1.82, 2.24) is 25.2 Å². The summed E-state index contributed by atoms with van der Waals surface area (Å²) in [5.41, 5.74) is 1.01. The van der Waals surface area contributed by atoms with E-state index in [0.717, 1.165) is 18.8 Å². The van der Waals surface area contributed by atoms with Gasteiger partial charge in [-0.25, -0.2) is 0 Å². The van der Waals surface area contributed by atoms with Gasteiger partial charge in [0.05, 0.1) is 17.4 Å². The van der Waals surface area contributed by atoms with Crippen LogP contribution in [0.3, 0.4) is 0 Å². The van der Waals surface area contributed by atoms with Crippen molar-refractivity contribution in [3.05, 3.63) is 42.2 Å². The van der Waals surface area contributed by atoms with E-state index in [2.05, 4.69) is 29.4 Å². The molecule has 0 spiro atoms. The summed E-state index contributed by atoms with van der Waals surface area (Å²) in [5.74, 6) is -0.0660. The van der Waals surface area contributed by atoms with Crippen LogP contribution in [-0.2, 0) is 0 Å². The standard InChI is InChI=1S/C15H19N5O/c1-15(2)11-16-8-9-19(15)14(21)13-10-17-20(18-13)12-6-4-3-5-7-12/h3-7,10,16H,8-9,11H2,1-2H3. The van der Waals surface area contributed by atoms with Crippen LogP contribution in [0, 0.1) is 0 Å². The van der Waals surface area contributed by atoms with Crippen LogP contribution in [0.1, 0.15) is 24.3 Å². The second kappa shape index (κ2) is 5.29. The summed E-state index contributed by atoms with van der Waals surface area (Å²) >= 11 is 0. The van der Waals surface area contributed by atoms with Gasteiger partial charge < -0.3 is 10.2 Å². The zero-order valence-electron chi connectivity index (χ0n) is 12.3. The normalized spacial score (nSPS) is 17.7. The Labute approximate surface area is 123 Å². The van der Waals surface area contributed by atoms with Gasteiger partial charge in [0, 0.05) is 19.6 Å². The van der Waals surface area contributed by atoms with Crippen LogP contribution in [0.25, 0.3) is 5.69 Å². The van der Waals surface area contributed by atoms with Gasteiger partial charge in [0.1, 0.15) is 0 Å². The Morgan fingerprint density at radius 3 is 2.76 bits per heavy atom. The number of nitrogens with one attached hydrogen (secondary N) is 1. The van der Waals surface area contributed by atoms with Gasteiger partial charge in [-0.3, -0.25) is 4.79 Å². The zero-order valence-corrected chi connectivity index (χ0v) is 12.3. The molecule has 0 atom stereocenters. The van der Waals surface area contributed by atoms with Crippen molar-refractivity contribution in [1.29, 1.82) is 0 Å². The Bertz CT molecular complexity index is 635. The van der Waals surface area contributed by atoms with Crippen LogP contribution in [0.5, 0.6) is 0 Å². The minimum atomic E-state index is -0.216. The molecular formula is C15H19N5O. The molecule has 1 aliphatic heterocycles. The van der Waals surface area contributed by atoms with E-state index in [1.54, 1.807) is 0 Å². The number of piperazine rings is 1. The highest BCUT2D eigenvalue weighted by molar-refractivity contribution is 5.92. The van der Waals surface area contributed by atoms with Crippen LogP contribution in [0.15, 0.2) is 36.5 Å². The van der Waals surface area contributed by atoms with E-state index < -0.39 is 0 Å². The third-order valence-corrected chi connectivity index (χ3v) is 3.74. The highest BCUT2D eigenvalue weighted by atomic mass is 16.2. The van der Waals surface area contributed by atoms with E-state index in [-0.39, 0.29) is 11.4 Å². The number of carbonyl (C=O) groups is 1. The molecule has 2 heterocycles. The largest absolute Gasteiger partial charge is 0.330 e. The lowest BCUT2D eigenvalue weighted by Crippen LogP contribution is -2.59. The molecule has 1 aromatic carbocycles. The number of para-hydroxylation sites is 1. The number of benzene rings is 1. The summed E-state index contributed by atoms with van der Waals surface area (Å²) < 4.78 is 0. The SMILES string of the molecule is CC1(C)CNCCN1C(=O)c1cnn(-c2ccccc2)n1. The van der Waals surface area contributed by atoms with E-state index in [0.29, 0.717) is 12.2 Å². The molecule has 0 unspecified atom stereocenters. The fourth-order valence-electron chi connectivity index (χ4n) is 2.54. The quantitative estimate of drug-likeness (QED) is 0.897. The predicted molar refractivity (Wildman–Crippen MR) is 79.3 cm³/mol. The number of hydrogen-bond acceptors (Lipinski definition) is 4. The van der Waals surface area contributed by atoms with Crippen LogP contribution in [0.4, 0.5) is 0 Å². The third-order valence-electron chi connectivity index (χ3n) is 3.74. The molecule has 1 N–H and O–H groups in total. The second-order valence-electron chi connectivity index (χ2n) is 5.80. The van der Waals surface area contributed by atoms with Crippen molar-refractivity contribution in [2.45, 2.75) is 19.4 Å². The van der Waals surface area contributed by atoms with Gasteiger partial charge in [-0.2, -0.15) is 9.90 Å². The average Bonchev–Trinajstić information content (AvgIpc) is 2.97. The van der Waals surface area contributed by atoms with Crippen molar-refractivity contribution in [2.75, 3.05) is 19.6 Å². The molecule has 2 aromatic rings. The van der Waals surface area contributed by atoms with Gasteiger partial charge in [-0.05, 0) is 26.0 Å². The highest BCUT2D eigenvalue weighted by Crippen LogP contribution is 2.18. The van der Waals surface area contributed by atoms with E-state index in [4.69, 9.17) is 0 Å². The lowest BCUT2D eigenvalue weighted by molar-refractivity contribution is 0.0471. The number of rotatable bonds is 2. The van der Waals surface area contributed by atoms with Crippen molar-refractivity contribution < 1.29 is 4.79 Å². The number of amides is 1. The van der Waals surface area contributed by atoms with E-state index >= 15 is 0 Å². The molecule has 0 aliphatic carbocycles. The van der Waals surface area contributed by atoms with Crippen molar-refractivity contribution >= 4 is 5.91 Å². The van der Waals surface area contributed by atoms with Crippen LogP contribution >= 0.6 is 0 Å². The first-order chi connectivity index (χ1) is 10.1. The molecule has 1 aliphatic rings. The summed E-state index contributed by atoms with van der Waals surface area (Å²) in [4.78, 5) is 16.0. The summed E-state index contributed by atoms with van der Waals surface area (Å²) in [6.07, 6.45) is 1.54. The molecule has 0 saturated carbocycles. The third kappa shape index (κ3) is 2.67. The Morgan fingerprint density at radius 1 is 1.29 bits per heavy atom.